The lowest BCUT2D eigenvalue weighted by atomic mass is 10.1. The Kier molecular flexibility index (Phi) is 3.34. The maximum absolute atomic E-state index is 5.53. The highest BCUT2D eigenvalue weighted by atomic mass is 32.1. The summed E-state index contributed by atoms with van der Waals surface area (Å²) < 4.78 is 10.8. The molecule has 1 saturated heterocycles. The molecule has 4 nitrogen and oxygen atoms in total. The predicted octanol–water partition coefficient (Wildman–Crippen LogP) is 1.28. The van der Waals surface area contributed by atoms with E-state index in [2.05, 4.69) is 4.98 Å². The first-order chi connectivity index (χ1) is 6.84. The molecule has 1 unspecified atom stereocenters. The van der Waals surface area contributed by atoms with Gasteiger partial charge in [-0.2, -0.15) is 0 Å². The molecule has 1 aliphatic heterocycles. The predicted molar refractivity (Wildman–Crippen MR) is 55.1 cm³/mol. The minimum atomic E-state index is 0.560. The number of ether oxygens (including phenoxy) is 2. The van der Waals surface area contributed by atoms with Gasteiger partial charge in [-0.1, -0.05) is 0 Å². The quantitative estimate of drug-likeness (QED) is 0.820. The molecule has 0 bridgehead atoms. The van der Waals surface area contributed by atoms with Crippen LogP contribution in [0.3, 0.4) is 0 Å². The van der Waals surface area contributed by atoms with Gasteiger partial charge < -0.3 is 15.2 Å². The average molecular weight is 214 g/mol. The maximum atomic E-state index is 5.53. The molecule has 0 radical (unpaired) electrons. The molecule has 0 amide bonds. The molecule has 2 heterocycles. The number of nitrogens with zero attached hydrogens (tertiary/aromatic N) is 1. The second-order valence-corrected chi connectivity index (χ2v) is 4.31. The number of nitrogens with two attached hydrogens (primary N) is 1. The van der Waals surface area contributed by atoms with Crippen molar-refractivity contribution in [3.8, 4) is 0 Å². The molecule has 1 aliphatic rings. The van der Waals surface area contributed by atoms with Crippen LogP contribution in [0.4, 0.5) is 5.13 Å². The molecule has 1 aromatic heterocycles. The lowest BCUT2D eigenvalue weighted by Gasteiger charge is -2.06. The third-order valence-electron chi connectivity index (χ3n) is 2.20. The highest BCUT2D eigenvalue weighted by molar-refractivity contribution is 7.13. The number of aromatic nitrogens is 1. The molecule has 78 valence electrons. The van der Waals surface area contributed by atoms with Crippen LogP contribution in [0.1, 0.15) is 12.1 Å². The normalized spacial score (nSPS) is 21.6. The smallest absolute Gasteiger partial charge is 0.180 e. The second-order valence-electron chi connectivity index (χ2n) is 3.42. The van der Waals surface area contributed by atoms with Crippen molar-refractivity contribution in [2.24, 2.45) is 5.92 Å². The summed E-state index contributed by atoms with van der Waals surface area (Å²) >= 11 is 1.45. The van der Waals surface area contributed by atoms with Crippen LogP contribution in [-0.4, -0.2) is 24.8 Å². The van der Waals surface area contributed by atoms with Gasteiger partial charge in [0, 0.05) is 17.9 Å². The lowest BCUT2D eigenvalue weighted by molar-refractivity contribution is 0.0776. The van der Waals surface area contributed by atoms with Crippen molar-refractivity contribution in [1.29, 1.82) is 0 Å². The van der Waals surface area contributed by atoms with Crippen molar-refractivity contribution in [3.05, 3.63) is 11.1 Å². The fraction of sp³-hybridized carbons (Fsp3) is 0.667. The van der Waals surface area contributed by atoms with E-state index >= 15 is 0 Å². The van der Waals surface area contributed by atoms with Gasteiger partial charge in [0.05, 0.1) is 25.5 Å². The Bertz CT molecular complexity index is 284. The molecule has 0 aromatic carbocycles. The van der Waals surface area contributed by atoms with E-state index < -0.39 is 0 Å². The standard InChI is InChI=1S/C9H14N2O2S/c10-9-11-8(6-14-9)5-13-4-7-1-2-12-3-7/h6-7H,1-5H2,(H2,10,11). The number of thiazole rings is 1. The van der Waals surface area contributed by atoms with Crippen LogP contribution in [0.5, 0.6) is 0 Å². The van der Waals surface area contributed by atoms with Crippen molar-refractivity contribution in [1.82, 2.24) is 4.98 Å². The number of anilines is 1. The second kappa shape index (κ2) is 4.72. The highest BCUT2D eigenvalue weighted by Crippen LogP contribution is 2.15. The molecule has 0 saturated carbocycles. The summed E-state index contributed by atoms with van der Waals surface area (Å²) in [6.45, 7) is 3.03. The number of nitrogen functional groups attached to an aromatic ring is 1. The van der Waals surface area contributed by atoms with Crippen LogP contribution < -0.4 is 5.73 Å². The minimum absolute atomic E-state index is 0.560. The van der Waals surface area contributed by atoms with E-state index in [0.29, 0.717) is 17.7 Å². The Morgan fingerprint density at radius 3 is 3.29 bits per heavy atom. The van der Waals surface area contributed by atoms with Gasteiger partial charge in [-0.15, -0.1) is 11.3 Å². The summed E-state index contributed by atoms with van der Waals surface area (Å²) in [7, 11) is 0. The van der Waals surface area contributed by atoms with Crippen molar-refractivity contribution in [2.45, 2.75) is 13.0 Å². The molecular weight excluding hydrogens is 200 g/mol. The van der Waals surface area contributed by atoms with Crippen molar-refractivity contribution in [2.75, 3.05) is 25.6 Å². The Hall–Kier alpha value is -0.650. The first-order valence-corrected chi connectivity index (χ1v) is 5.58. The molecule has 2 N–H and O–H groups in total. The van der Waals surface area contributed by atoms with E-state index in [4.69, 9.17) is 15.2 Å². The summed E-state index contributed by atoms with van der Waals surface area (Å²) in [5, 5.41) is 2.54. The van der Waals surface area contributed by atoms with Gasteiger partial charge in [0.25, 0.3) is 0 Å². The zero-order valence-electron chi connectivity index (χ0n) is 7.94. The molecule has 0 aliphatic carbocycles. The molecule has 1 fully saturated rings. The first-order valence-electron chi connectivity index (χ1n) is 4.70. The van der Waals surface area contributed by atoms with Gasteiger partial charge in [0.2, 0.25) is 0 Å². The summed E-state index contributed by atoms with van der Waals surface area (Å²) in [4.78, 5) is 4.11. The van der Waals surface area contributed by atoms with Crippen LogP contribution in [0, 0.1) is 5.92 Å². The van der Waals surface area contributed by atoms with E-state index in [1.54, 1.807) is 0 Å². The van der Waals surface area contributed by atoms with E-state index in [1.165, 1.54) is 11.3 Å². The maximum Gasteiger partial charge on any atom is 0.180 e. The fourth-order valence-corrected chi connectivity index (χ4v) is 1.98. The van der Waals surface area contributed by atoms with Gasteiger partial charge in [-0.05, 0) is 6.42 Å². The topological polar surface area (TPSA) is 57.4 Å². The Morgan fingerprint density at radius 2 is 2.64 bits per heavy atom. The number of hydrogen-bond donors (Lipinski definition) is 1. The van der Waals surface area contributed by atoms with Crippen LogP contribution >= 0.6 is 11.3 Å². The monoisotopic (exact) mass is 214 g/mol. The summed E-state index contributed by atoms with van der Waals surface area (Å²) in [5.74, 6) is 0.561. The Labute approximate surface area is 87.0 Å². The van der Waals surface area contributed by atoms with Crippen molar-refractivity contribution in [3.63, 3.8) is 0 Å². The lowest BCUT2D eigenvalue weighted by Crippen LogP contribution is -2.09. The molecule has 2 rings (SSSR count). The van der Waals surface area contributed by atoms with E-state index in [9.17, 15) is 0 Å². The third-order valence-corrected chi connectivity index (χ3v) is 2.92. The van der Waals surface area contributed by atoms with Crippen LogP contribution in [0.25, 0.3) is 0 Å². The molecule has 14 heavy (non-hydrogen) atoms. The average Bonchev–Trinajstić information content (AvgIpc) is 2.77. The van der Waals surface area contributed by atoms with Gasteiger partial charge in [-0.25, -0.2) is 4.98 Å². The van der Waals surface area contributed by atoms with Crippen molar-refractivity contribution >= 4 is 16.5 Å². The van der Waals surface area contributed by atoms with E-state index in [0.717, 1.165) is 31.9 Å². The van der Waals surface area contributed by atoms with Gasteiger partial charge in [0.1, 0.15) is 0 Å². The zero-order chi connectivity index (χ0) is 9.80. The highest BCUT2D eigenvalue weighted by Gasteiger charge is 2.15. The summed E-state index contributed by atoms with van der Waals surface area (Å²) in [5.41, 5.74) is 6.43. The van der Waals surface area contributed by atoms with Gasteiger partial charge >= 0.3 is 0 Å². The fourth-order valence-electron chi connectivity index (χ4n) is 1.43. The van der Waals surface area contributed by atoms with Crippen molar-refractivity contribution < 1.29 is 9.47 Å². The molecular formula is C9H14N2O2S. The Morgan fingerprint density at radius 1 is 1.71 bits per heavy atom. The first kappa shape index (κ1) is 9.89. The summed E-state index contributed by atoms with van der Waals surface area (Å²) in [6, 6.07) is 0. The van der Waals surface area contributed by atoms with E-state index in [-0.39, 0.29) is 0 Å². The van der Waals surface area contributed by atoms with Crippen LogP contribution in [0.15, 0.2) is 5.38 Å². The van der Waals surface area contributed by atoms with Crippen LogP contribution in [-0.2, 0) is 16.1 Å². The number of hydrogen-bond acceptors (Lipinski definition) is 5. The molecule has 1 atom stereocenters. The third kappa shape index (κ3) is 2.67. The van der Waals surface area contributed by atoms with Gasteiger partial charge in [-0.3, -0.25) is 0 Å². The minimum Gasteiger partial charge on any atom is -0.381 e. The molecule has 1 aromatic rings. The van der Waals surface area contributed by atoms with Gasteiger partial charge in [0.15, 0.2) is 5.13 Å². The largest absolute Gasteiger partial charge is 0.381 e. The molecule has 5 heteroatoms. The SMILES string of the molecule is Nc1nc(COCC2CCOC2)cs1. The number of rotatable bonds is 4. The van der Waals surface area contributed by atoms with E-state index in [1.807, 2.05) is 5.38 Å². The summed E-state index contributed by atoms with van der Waals surface area (Å²) in [6.07, 6.45) is 1.11. The zero-order valence-corrected chi connectivity index (χ0v) is 8.76. The Balaban J connectivity index is 1.67. The molecule has 0 spiro atoms. The van der Waals surface area contributed by atoms with Crippen LogP contribution in [0.2, 0.25) is 0 Å².